The van der Waals surface area contributed by atoms with Crippen LogP contribution in [-0.4, -0.2) is 13.1 Å². The molecule has 0 amide bonds. The number of rotatable bonds is 0. The lowest BCUT2D eigenvalue weighted by molar-refractivity contribution is 0.346. The molecule has 1 spiro atoms. The molecule has 1 aromatic rings. The molecule has 16 heavy (non-hydrogen) atoms. The Kier molecular flexibility index (Phi) is 2.31. The second-order valence-electron chi connectivity index (χ2n) is 5.41. The number of hydrogen-bond acceptors (Lipinski definition) is 2. The molecule has 3 rings (SSSR count). The number of anilines is 2. The van der Waals surface area contributed by atoms with Gasteiger partial charge in [-0.15, -0.1) is 0 Å². The second-order valence-corrected chi connectivity index (χ2v) is 5.41. The molecule has 0 aromatic heterocycles. The highest BCUT2D eigenvalue weighted by atomic mass is 15.0. The van der Waals surface area contributed by atoms with Crippen molar-refractivity contribution in [3.05, 3.63) is 23.8 Å². The lowest BCUT2D eigenvalue weighted by atomic mass is 9.86. The molecule has 0 radical (unpaired) electrons. The number of nitrogens with one attached hydrogen (secondary N) is 2. The summed E-state index contributed by atoms with van der Waals surface area (Å²) in [6, 6.07) is 6.50. The van der Waals surface area contributed by atoms with Crippen LogP contribution in [0, 0.1) is 12.3 Å². The Balaban J connectivity index is 1.89. The quantitative estimate of drug-likeness (QED) is 0.694. The van der Waals surface area contributed by atoms with Crippen LogP contribution in [0.3, 0.4) is 0 Å². The van der Waals surface area contributed by atoms with Crippen molar-refractivity contribution >= 4 is 11.4 Å². The van der Waals surface area contributed by atoms with Gasteiger partial charge in [0.1, 0.15) is 0 Å². The van der Waals surface area contributed by atoms with Crippen LogP contribution in [-0.2, 0) is 0 Å². The third-order valence-corrected chi connectivity index (χ3v) is 4.23. The first-order valence-corrected chi connectivity index (χ1v) is 6.37. The fourth-order valence-corrected chi connectivity index (χ4v) is 3.15. The fraction of sp³-hybridized carbons (Fsp3) is 0.571. The molecule has 1 heterocycles. The van der Waals surface area contributed by atoms with Gasteiger partial charge in [-0.25, -0.2) is 0 Å². The Morgan fingerprint density at radius 2 is 1.81 bits per heavy atom. The zero-order valence-electron chi connectivity index (χ0n) is 9.97. The molecule has 2 N–H and O–H groups in total. The summed E-state index contributed by atoms with van der Waals surface area (Å²) in [6.45, 7) is 4.45. The zero-order chi connectivity index (χ0) is 11.0. The van der Waals surface area contributed by atoms with Crippen molar-refractivity contribution in [1.29, 1.82) is 0 Å². The number of para-hydroxylation sites is 1. The maximum absolute atomic E-state index is 3.66. The largest absolute Gasteiger partial charge is 0.383 e. The van der Waals surface area contributed by atoms with Crippen LogP contribution in [0.4, 0.5) is 11.4 Å². The van der Waals surface area contributed by atoms with E-state index in [1.54, 1.807) is 0 Å². The predicted molar refractivity (Wildman–Crippen MR) is 69.1 cm³/mol. The molecule has 1 aliphatic carbocycles. The number of benzene rings is 1. The van der Waals surface area contributed by atoms with Crippen LogP contribution in [0.2, 0.25) is 0 Å². The monoisotopic (exact) mass is 216 g/mol. The van der Waals surface area contributed by atoms with Gasteiger partial charge < -0.3 is 10.6 Å². The molecule has 0 unspecified atom stereocenters. The van der Waals surface area contributed by atoms with Crippen LogP contribution < -0.4 is 10.6 Å². The SMILES string of the molecule is Cc1cccc2c1NCC1(CCCC1)CN2. The molecule has 1 aromatic carbocycles. The minimum Gasteiger partial charge on any atom is -0.383 e. The Morgan fingerprint density at radius 1 is 1.06 bits per heavy atom. The number of aryl methyl sites for hydroxylation is 1. The molecule has 0 bridgehead atoms. The summed E-state index contributed by atoms with van der Waals surface area (Å²) >= 11 is 0. The smallest absolute Gasteiger partial charge is 0.0605 e. The van der Waals surface area contributed by atoms with E-state index in [1.165, 1.54) is 42.6 Å². The standard InChI is InChI=1S/C14H20N2/c1-11-5-4-6-12-13(11)16-10-14(9-15-12)7-2-3-8-14/h4-6,15-16H,2-3,7-10H2,1H3. The van der Waals surface area contributed by atoms with E-state index in [-0.39, 0.29) is 0 Å². The first-order chi connectivity index (χ1) is 7.79. The normalized spacial score (nSPS) is 22.1. The maximum atomic E-state index is 3.66. The summed E-state index contributed by atoms with van der Waals surface area (Å²) < 4.78 is 0. The Morgan fingerprint density at radius 3 is 2.62 bits per heavy atom. The highest BCUT2D eigenvalue weighted by Crippen LogP contribution is 2.41. The maximum Gasteiger partial charge on any atom is 0.0605 e. The van der Waals surface area contributed by atoms with Crippen LogP contribution in [0.25, 0.3) is 0 Å². The van der Waals surface area contributed by atoms with Gasteiger partial charge in [0.05, 0.1) is 11.4 Å². The Bertz CT molecular complexity index is 392. The summed E-state index contributed by atoms with van der Waals surface area (Å²) in [5.74, 6) is 0. The molecular weight excluding hydrogens is 196 g/mol. The number of fused-ring (bicyclic) bond motifs is 1. The Hall–Kier alpha value is -1.18. The van der Waals surface area contributed by atoms with Crippen molar-refractivity contribution in [3.8, 4) is 0 Å². The minimum atomic E-state index is 0.505. The molecule has 86 valence electrons. The number of hydrogen-bond donors (Lipinski definition) is 2. The van der Waals surface area contributed by atoms with Crippen LogP contribution >= 0.6 is 0 Å². The molecule has 2 aliphatic rings. The van der Waals surface area contributed by atoms with Crippen LogP contribution in [0.15, 0.2) is 18.2 Å². The van der Waals surface area contributed by atoms with Crippen molar-refractivity contribution < 1.29 is 0 Å². The van der Waals surface area contributed by atoms with Gasteiger partial charge in [0.2, 0.25) is 0 Å². The van der Waals surface area contributed by atoms with Gasteiger partial charge in [0, 0.05) is 18.5 Å². The molecule has 1 saturated carbocycles. The first kappa shape index (κ1) is 10.0. The van der Waals surface area contributed by atoms with Gasteiger partial charge in [-0.3, -0.25) is 0 Å². The average Bonchev–Trinajstić information content (AvgIpc) is 2.65. The summed E-state index contributed by atoms with van der Waals surface area (Å²) in [7, 11) is 0. The zero-order valence-corrected chi connectivity index (χ0v) is 9.97. The van der Waals surface area contributed by atoms with Gasteiger partial charge in [-0.2, -0.15) is 0 Å². The molecular formula is C14H20N2. The molecule has 0 atom stereocenters. The fourth-order valence-electron chi connectivity index (χ4n) is 3.15. The van der Waals surface area contributed by atoms with E-state index in [2.05, 4.69) is 35.8 Å². The van der Waals surface area contributed by atoms with Crippen LogP contribution in [0.1, 0.15) is 31.2 Å². The van der Waals surface area contributed by atoms with E-state index < -0.39 is 0 Å². The molecule has 2 nitrogen and oxygen atoms in total. The molecule has 0 saturated heterocycles. The van der Waals surface area contributed by atoms with E-state index in [4.69, 9.17) is 0 Å². The topological polar surface area (TPSA) is 24.1 Å². The van der Waals surface area contributed by atoms with Gasteiger partial charge in [0.25, 0.3) is 0 Å². The lowest BCUT2D eigenvalue weighted by Gasteiger charge is -2.27. The first-order valence-electron chi connectivity index (χ1n) is 6.37. The third kappa shape index (κ3) is 1.57. The van der Waals surface area contributed by atoms with Crippen molar-refractivity contribution in [1.82, 2.24) is 0 Å². The van der Waals surface area contributed by atoms with Crippen molar-refractivity contribution in [2.75, 3.05) is 23.7 Å². The van der Waals surface area contributed by atoms with Crippen LogP contribution in [0.5, 0.6) is 0 Å². The van der Waals surface area contributed by atoms with Crippen molar-refractivity contribution in [2.24, 2.45) is 5.41 Å². The van der Waals surface area contributed by atoms with Gasteiger partial charge in [-0.1, -0.05) is 25.0 Å². The molecule has 2 heteroatoms. The van der Waals surface area contributed by atoms with Gasteiger partial charge in [-0.05, 0) is 31.4 Å². The van der Waals surface area contributed by atoms with E-state index in [1.807, 2.05) is 0 Å². The predicted octanol–water partition coefficient (Wildman–Crippen LogP) is 3.39. The second kappa shape index (κ2) is 3.69. The summed E-state index contributed by atoms with van der Waals surface area (Å²) in [5, 5.41) is 7.30. The molecule has 1 fully saturated rings. The van der Waals surface area contributed by atoms with Crippen molar-refractivity contribution in [3.63, 3.8) is 0 Å². The van der Waals surface area contributed by atoms with Gasteiger partial charge >= 0.3 is 0 Å². The summed E-state index contributed by atoms with van der Waals surface area (Å²) in [4.78, 5) is 0. The van der Waals surface area contributed by atoms with E-state index in [0.717, 1.165) is 13.1 Å². The highest BCUT2D eigenvalue weighted by molar-refractivity contribution is 5.73. The molecule has 1 aliphatic heterocycles. The summed E-state index contributed by atoms with van der Waals surface area (Å²) in [5.41, 5.74) is 4.45. The van der Waals surface area contributed by atoms with E-state index >= 15 is 0 Å². The average molecular weight is 216 g/mol. The lowest BCUT2D eigenvalue weighted by Crippen LogP contribution is -2.31. The third-order valence-electron chi connectivity index (χ3n) is 4.23. The van der Waals surface area contributed by atoms with E-state index in [0.29, 0.717) is 5.41 Å². The minimum absolute atomic E-state index is 0.505. The van der Waals surface area contributed by atoms with Gasteiger partial charge in [0.15, 0.2) is 0 Å². The summed E-state index contributed by atoms with van der Waals surface area (Å²) in [6.07, 6.45) is 5.55. The highest BCUT2D eigenvalue weighted by Gasteiger charge is 2.35. The van der Waals surface area contributed by atoms with E-state index in [9.17, 15) is 0 Å². The Labute approximate surface area is 97.4 Å². The van der Waals surface area contributed by atoms with Crippen molar-refractivity contribution in [2.45, 2.75) is 32.6 Å².